The number of ether oxygens (including phenoxy) is 4. The van der Waals surface area contributed by atoms with Gasteiger partial charge in [0.2, 0.25) is 0 Å². The van der Waals surface area contributed by atoms with Gasteiger partial charge in [-0.3, -0.25) is 0 Å². The van der Waals surface area contributed by atoms with Gasteiger partial charge in [0.15, 0.2) is 11.5 Å². The Bertz CT molecular complexity index is 896. The SMILES string of the molecule is COc1cc(COC(=O)c2ccc3c(c2)C=CC(C)(C)O3)cc(C)c1OC. The van der Waals surface area contributed by atoms with Gasteiger partial charge in [-0.15, -0.1) is 0 Å². The predicted molar refractivity (Wildman–Crippen MR) is 104 cm³/mol. The largest absolute Gasteiger partial charge is 0.493 e. The van der Waals surface area contributed by atoms with Crippen molar-refractivity contribution in [2.75, 3.05) is 14.2 Å². The second-order valence-corrected chi connectivity index (χ2v) is 7.02. The van der Waals surface area contributed by atoms with E-state index >= 15 is 0 Å². The van der Waals surface area contributed by atoms with Crippen molar-refractivity contribution in [3.05, 3.63) is 58.7 Å². The lowest BCUT2D eigenvalue weighted by molar-refractivity contribution is 0.0472. The van der Waals surface area contributed by atoms with Gasteiger partial charge in [-0.1, -0.05) is 6.08 Å². The molecule has 5 heteroatoms. The molecule has 142 valence electrons. The zero-order valence-electron chi connectivity index (χ0n) is 16.3. The quantitative estimate of drug-likeness (QED) is 0.725. The van der Waals surface area contributed by atoms with Crippen molar-refractivity contribution in [1.29, 1.82) is 0 Å². The Kier molecular flexibility index (Phi) is 5.13. The minimum absolute atomic E-state index is 0.149. The van der Waals surface area contributed by atoms with Crippen LogP contribution in [-0.2, 0) is 11.3 Å². The van der Waals surface area contributed by atoms with E-state index in [1.54, 1.807) is 32.4 Å². The van der Waals surface area contributed by atoms with Crippen LogP contribution in [0.1, 0.15) is 40.9 Å². The number of carbonyl (C=O) groups excluding carboxylic acids is 1. The number of hydrogen-bond donors (Lipinski definition) is 0. The maximum atomic E-state index is 12.5. The summed E-state index contributed by atoms with van der Waals surface area (Å²) in [6, 6.07) is 9.03. The van der Waals surface area contributed by atoms with E-state index in [1.807, 2.05) is 45.1 Å². The van der Waals surface area contributed by atoms with Crippen LogP contribution in [0.15, 0.2) is 36.4 Å². The average Bonchev–Trinajstić information content (AvgIpc) is 2.64. The van der Waals surface area contributed by atoms with Crippen LogP contribution in [0, 0.1) is 6.92 Å². The van der Waals surface area contributed by atoms with E-state index in [1.165, 1.54) is 0 Å². The van der Waals surface area contributed by atoms with Crippen LogP contribution < -0.4 is 14.2 Å². The highest BCUT2D eigenvalue weighted by Gasteiger charge is 2.22. The summed E-state index contributed by atoms with van der Waals surface area (Å²) in [6.45, 7) is 6.04. The van der Waals surface area contributed by atoms with Crippen molar-refractivity contribution in [3.63, 3.8) is 0 Å². The fraction of sp³-hybridized carbons (Fsp3) is 0.318. The first kappa shape index (κ1) is 18.8. The van der Waals surface area contributed by atoms with Crippen molar-refractivity contribution in [3.8, 4) is 17.2 Å². The molecule has 3 rings (SSSR count). The molecule has 0 spiro atoms. The Morgan fingerprint density at radius 2 is 1.89 bits per heavy atom. The lowest BCUT2D eigenvalue weighted by Crippen LogP contribution is -2.27. The number of esters is 1. The molecule has 0 atom stereocenters. The Hall–Kier alpha value is -2.95. The van der Waals surface area contributed by atoms with Gasteiger partial charge in [0.05, 0.1) is 19.8 Å². The van der Waals surface area contributed by atoms with Gasteiger partial charge in [-0.2, -0.15) is 0 Å². The van der Waals surface area contributed by atoms with Crippen molar-refractivity contribution in [1.82, 2.24) is 0 Å². The molecular weight excluding hydrogens is 344 g/mol. The van der Waals surface area contributed by atoms with E-state index < -0.39 is 0 Å². The minimum Gasteiger partial charge on any atom is -0.493 e. The first-order valence-corrected chi connectivity index (χ1v) is 8.74. The Labute approximate surface area is 159 Å². The van der Waals surface area contributed by atoms with Crippen molar-refractivity contribution >= 4 is 12.0 Å². The minimum atomic E-state index is -0.386. The standard InChI is InChI=1S/C22H24O5/c1-14-10-15(11-19(24-4)20(14)25-5)13-26-21(23)17-6-7-18-16(12-17)8-9-22(2,3)27-18/h6-12H,13H2,1-5H3. The van der Waals surface area contributed by atoms with Gasteiger partial charge in [-0.25, -0.2) is 4.79 Å². The molecular formula is C22H24O5. The van der Waals surface area contributed by atoms with Crippen LogP contribution in [0.4, 0.5) is 0 Å². The Morgan fingerprint density at radius 3 is 2.59 bits per heavy atom. The maximum absolute atomic E-state index is 12.5. The van der Waals surface area contributed by atoms with Gasteiger partial charge < -0.3 is 18.9 Å². The first-order chi connectivity index (χ1) is 12.8. The highest BCUT2D eigenvalue weighted by Crippen LogP contribution is 2.33. The third-order valence-electron chi connectivity index (χ3n) is 4.38. The van der Waals surface area contributed by atoms with E-state index in [-0.39, 0.29) is 18.2 Å². The summed E-state index contributed by atoms with van der Waals surface area (Å²) in [5.41, 5.74) is 2.76. The smallest absolute Gasteiger partial charge is 0.338 e. The van der Waals surface area contributed by atoms with Gasteiger partial charge in [0.25, 0.3) is 0 Å². The molecule has 0 bridgehead atoms. The number of rotatable bonds is 5. The lowest BCUT2D eigenvalue weighted by atomic mass is 10.0. The lowest BCUT2D eigenvalue weighted by Gasteiger charge is -2.27. The van der Waals surface area contributed by atoms with Crippen LogP contribution in [0.5, 0.6) is 17.2 Å². The molecule has 0 radical (unpaired) electrons. The number of aryl methyl sites for hydroxylation is 1. The van der Waals surface area contributed by atoms with Crippen molar-refractivity contribution in [2.45, 2.75) is 33.0 Å². The van der Waals surface area contributed by atoms with Crippen LogP contribution in [0.2, 0.25) is 0 Å². The van der Waals surface area contributed by atoms with Gasteiger partial charge >= 0.3 is 5.97 Å². The van der Waals surface area contributed by atoms with Crippen LogP contribution in [0.25, 0.3) is 6.08 Å². The summed E-state index contributed by atoms with van der Waals surface area (Å²) in [4.78, 5) is 12.5. The molecule has 0 amide bonds. The molecule has 0 aromatic heterocycles. The molecule has 0 N–H and O–H groups in total. The topological polar surface area (TPSA) is 54.0 Å². The third kappa shape index (κ3) is 4.08. The molecule has 0 unspecified atom stereocenters. The molecule has 1 heterocycles. The molecule has 1 aliphatic heterocycles. The summed E-state index contributed by atoms with van der Waals surface area (Å²) in [7, 11) is 3.18. The average molecular weight is 368 g/mol. The summed E-state index contributed by atoms with van der Waals surface area (Å²) in [5, 5.41) is 0. The zero-order valence-corrected chi connectivity index (χ0v) is 16.3. The number of carbonyl (C=O) groups is 1. The second kappa shape index (κ2) is 7.35. The van der Waals surface area contributed by atoms with E-state index in [4.69, 9.17) is 18.9 Å². The number of fused-ring (bicyclic) bond motifs is 1. The van der Waals surface area contributed by atoms with Gasteiger partial charge in [-0.05, 0) is 68.3 Å². The molecule has 0 saturated carbocycles. The fourth-order valence-electron chi connectivity index (χ4n) is 3.05. The Balaban J connectivity index is 1.73. The van der Waals surface area contributed by atoms with E-state index in [0.717, 1.165) is 22.4 Å². The molecule has 0 aliphatic carbocycles. The van der Waals surface area contributed by atoms with E-state index in [2.05, 4.69) is 0 Å². The highest BCUT2D eigenvalue weighted by atomic mass is 16.5. The molecule has 5 nitrogen and oxygen atoms in total. The predicted octanol–water partition coefficient (Wildman–Crippen LogP) is 4.55. The van der Waals surface area contributed by atoms with Crippen LogP contribution in [0.3, 0.4) is 0 Å². The normalized spacial score (nSPS) is 14.1. The zero-order chi connectivity index (χ0) is 19.6. The van der Waals surface area contributed by atoms with E-state index in [0.29, 0.717) is 17.1 Å². The molecule has 0 fully saturated rings. The molecule has 1 aliphatic rings. The molecule has 0 saturated heterocycles. The monoisotopic (exact) mass is 368 g/mol. The second-order valence-electron chi connectivity index (χ2n) is 7.02. The van der Waals surface area contributed by atoms with E-state index in [9.17, 15) is 4.79 Å². The molecule has 2 aromatic rings. The number of hydrogen-bond acceptors (Lipinski definition) is 5. The third-order valence-corrected chi connectivity index (χ3v) is 4.38. The van der Waals surface area contributed by atoms with Crippen molar-refractivity contribution < 1.29 is 23.7 Å². The first-order valence-electron chi connectivity index (χ1n) is 8.74. The Morgan fingerprint density at radius 1 is 1.11 bits per heavy atom. The number of benzene rings is 2. The van der Waals surface area contributed by atoms with Gasteiger partial charge in [0, 0.05) is 5.56 Å². The fourth-order valence-corrected chi connectivity index (χ4v) is 3.05. The molecule has 2 aromatic carbocycles. The maximum Gasteiger partial charge on any atom is 0.338 e. The molecule has 27 heavy (non-hydrogen) atoms. The number of methoxy groups -OCH3 is 2. The summed E-state index contributed by atoms with van der Waals surface area (Å²) in [5.74, 6) is 1.66. The van der Waals surface area contributed by atoms with Crippen molar-refractivity contribution in [2.24, 2.45) is 0 Å². The van der Waals surface area contributed by atoms with Crippen LogP contribution >= 0.6 is 0 Å². The summed E-state index contributed by atoms with van der Waals surface area (Å²) in [6.07, 6.45) is 3.93. The van der Waals surface area contributed by atoms with Crippen LogP contribution in [-0.4, -0.2) is 25.8 Å². The highest BCUT2D eigenvalue weighted by molar-refractivity contribution is 5.90. The summed E-state index contributed by atoms with van der Waals surface area (Å²) < 4.78 is 22.0. The summed E-state index contributed by atoms with van der Waals surface area (Å²) >= 11 is 0. The van der Waals surface area contributed by atoms with Gasteiger partial charge in [0.1, 0.15) is 18.0 Å².